The highest BCUT2D eigenvalue weighted by Crippen LogP contribution is 2.10. The Morgan fingerprint density at radius 2 is 1.61 bits per heavy atom. The van der Waals surface area contributed by atoms with Crippen molar-refractivity contribution in [2.75, 3.05) is 32.7 Å². The summed E-state index contributed by atoms with van der Waals surface area (Å²) in [6.07, 6.45) is 4.99. The van der Waals surface area contributed by atoms with E-state index in [-0.39, 0.29) is 11.9 Å². The monoisotopic (exact) mass is 253 g/mol. The van der Waals surface area contributed by atoms with Crippen molar-refractivity contribution in [3.05, 3.63) is 0 Å². The van der Waals surface area contributed by atoms with E-state index in [2.05, 4.69) is 17.1 Å². The standard InChI is InChI=1S/C14H27N3O/c1-12(11-16-7-3-4-8-16)15-13(2)14(18)17-9-5-6-10-17/h12-13,15H,3-11H2,1-2H3. The van der Waals surface area contributed by atoms with Crippen LogP contribution in [-0.4, -0.2) is 60.5 Å². The number of nitrogens with zero attached hydrogens (tertiary/aromatic N) is 2. The minimum Gasteiger partial charge on any atom is -0.341 e. The molecule has 4 heteroatoms. The van der Waals surface area contributed by atoms with E-state index in [1.54, 1.807) is 0 Å². The number of carbonyl (C=O) groups excluding carboxylic acids is 1. The Kier molecular flexibility index (Phi) is 5.01. The number of hydrogen-bond acceptors (Lipinski definition) is 3. The van der Waals surface area contributed by atoms with Crippen LogP contribution in [0.1, 0.15) is 39.5 Å². The molecular weight excluding hydrogens is 226 g/mol. The summed E-state index contributed by atoms with van der Waals surface area (Å²) in [6.45, 7) is 9.60. The molecule has 2 saturated heterocycles. The van der Waals surface area contributed by atoms with Crippen molar-refractivity contribution in [3.63, 3.8) is 0 Å². The van der Waals surface area contributed by atoms with Gasteiger partial charge in [0.05, 0.1) is 6.04 Å². The van der Waals surface area contributed by atoms with E-state index >= 15 is 0 Å². The highest BCUT2D eigenvalue weighted by Gasteiger charge is 2.24. The molecule has 0 aromatic rings. The van der Waals surface area contributed by atoms with E-state index in [0.717, 1.165) is 19.6 Å². The summed E-state index contributed by atoms with van der Waals surface area (Å²) >= 11 is 0. The van der Waals surface area contributed by atoms with Crippen molar-refractivity contribution in [1.29, 1.82) is 0 Å². The third kappa shape index (κ3) is 3.69. The molecule has 4 nitrogen and oxygen atoms in total. The first kappa shape index (κ1) is 13.8. The minimum absolute atomic E-state index is 0.0410. The molecule has 2 aliphatic heterocycles. The van der Waals surface area contributed by atoms with Crippen LogP contribution in [0.25, 0.3) is 0 Å². The van der Waals surface area contributed by atoms with Crippen molar-refractivity contribution < 1.29 is 4.79 Å². The van der Waals surface area contributed by atoms with Crippen LogP contribution in [0.2, 0.25) is 0 Å². The normalized spacial score (nSPS) is 24.4. The predicted molar refractivity (Wildman–Crippen MR) is 73.5 cm³/mol. The number of amides is 1. The van der Waals surface area contributed by atoms with Crippen molar-refractivity contribution in [2.45, 2.75) is 51.6 Å². The summed E-state index contributed by atoms with van der Waals surface area (Å²) in [7, 11) is 0. The molecule has 2 fully saturated rings. The molecule has 2 rings (SSSR count). The molecule has 2 heterocycles. The summed E-state index contributed by atoms with van der Waals surface area (Å²) in [5, 5.41) is 3.45. The van der Waals surface area contributed by atoms with Gasteiger partial charge < -0.3 is 15.1 Å². The van der Waals surface area contributed by atoms with E-state index in [0.29, 0.717) is 6.04 Å². The fraction of sp³-hybridized carbons (Fsp3) is 0.929. The number of likely N-dealkylation sites (tertiary alicyclic amines) is 2. The van der Waals surface area contributed by atoms with E-state index in [1.807, 2.05) is 11.8 Å². The van der Waals surface area contributed by atoms with E-state index in [4.69, 9.17) is 0 Å². The quantitative estimate of drug-likeness (QED) is 0.796. The van der Waals surface area contributed by atoms with Crippen LogP contribution < -0.4 is 5.32 Å². The van der Waals surface area contributed by atoms with Crippen LogP contribution >= 0.6 is 0 Å². The zero-order valence-electron chi connectivity index (χ0n) is 11.8. The van der Waals surface area contributed by atoms with Gasteiger partial charge in [-0.05, 0) is 52.6 Å². The summed E-state index contributed by atoms with van der Waals surface area (Å²) in [5.41, 5.74) is 0. The summed E-state index contributed by atoms with van der Waals surface area (Å²) in [6, 6.07) is 0.352. The summed E-state index contributed by atoms with van der Waals surface area (Å²) < 4.78 is 0. The minimum atomic E-state index is -0.0410. The smallest absolute Gasteiger partial charge is 0.239 e. The van der Waals surface area contributed by atoms with Gasteiger partial charge >= 0.3 is 0 Å². The second-order valence-corrected chi connectivity index (χ2v) is 5.83. The Balaban J connectivity index is 1.71. The van der Waals surface area contributed by atoms with Gasteiger partial charge in [-0.15, -0.1) is 0 Å². The largest absolute Gasteiger partial charge is 0.341 e. The molecule has 2 aliphatic rings. The lowest BCUT2D eigenvalue weighted by molar-refractivity contribution is -0.132. The van der Waals surface area contributed by atoms with Crippen molar-refractivity contribution >= 4 is 5.91 Å². The van der Waals surface area contributed by atoms with E-state index in [9.17, 15) is 4.79 Å². The Morgan fingerprint density at radius 3 is 2.22 bits per heavy atom. The summed E-state index contributed by atoms with van der Waals surface area (Å²) in [4.78, 5) is 16.7. The fourth-order valence-corrected chi connectivity index (χ4v) is 3.11. The second kappa shape index (κ2) is 6.53. The highest BCUT2D eigenvalue weighted by atomic mass is 16.2. The molecule has 1 N–H and O–H groups in total. The van der Waals surface area contributed by atoms with Gasteiger partial charge in [-0.1, -0.05) is 0 Å². The number of hydrogen-bond donors (Lipinski definition) is 1. The first-order valence-electron chi connectivity index (χ1n) is 7.44. The lowest BCUT2D eigenvalue weighted by Gasteiger charge is -2.26. The zero-order valence-corrected chi connectivity index (χ0v) is 11.8. The number of nitrogens with one attached hydrogen (secondary N) is 1. The Hall–Kier alpha value is -0.610. The lowest BCUT2D eigenvalue weighted by atomic mass is 10.2. The maximum atomic E-state index is 12.2. The molecule has 0 bridgehead atoms. The van der Waals surface area contributed by atoms with Gasteiger partial charge in [0.1, 0.15) is 0 Å². The summed E-state index contributed by atoms with van der Waals surface area (Å²) in [5.74, 6) is 0.278. The van der Waals surface area contributed by atoms with Gasteiger partial charge in [0.15, 0.2) is 0 Å². The molecule has 0 spiro atoms. The van der Waals surface area contributed by atoms with E-state index in [1.165, 1.54) is 38.8 Å². The highest BCUT2D eigenvalue weighted by molar-refractivity contribution is 5.81. The van der Waals surface area contributed by atoms with Crippen molar-refractivity contribution in [2.24, 2.45) is 0 Å². The average Bonchev–Trinajstić information content (AvgIpc) is 2.99. The molecule has 1 amide bonds. The SMILES string of the molecule is CC(CN1CCCC1)NC(C)C(=O)N1CCCC1. The predicted octanol–water partition coefficient (Wildman–Crippen LogP) is 1.07. The van der Waals surface area contributed by atoms with Gasteiger partial charge in [-0.2, -0.15) is 0 Å². The molecule has 0 aromatic heterocycles. The van der Waals surface area contributed by atoms with Gasteiger partial charge in [-0.3, -0.25) is 4.79 Å². The first-order valence-corrected chi connectivity index (χ1v) is 7.44. The average molecular weight is 253 g/mol. The molecule has 2 unspecified atom stereocenters. The lowest BCUT2D eigenvalue weighted by Crippen LogP contribution is -2.49. The molecular formula is C14H27N3O. The molecule has 2 atom stereocenters. The van der Waals surface area contributed by atoms with Crippen molar-refractivity contribution in [3.8, 4) is 0 Å². The molecule has 104 valence electrons. The maximum Gasteiger partial charge on any atom is 0.239 e. The van der Waals surface area contributed by atoms with E-state index < -0.39 is 0 Å². The topological polar surface area (TPSA) is 35.6 Å². The molecule has 18 heavy (non-hydrogen) atoms. The van der Waals surface area contributed by atoms with Crippen LogP contribution in [0.5, 0.6) is 0 Å². The Labute approximate surface area is 111 Å². The first-order chi connectivity index (χ1) is 8.66. The van der Waals surface area contributed by atoms with Crippen LogP contribution in [0.3, 0.4) is 0 Å². The molecule has 0 saturated carbocycles. The second-order valence-electron chi connectivity index (χ2n) is 5.83. The number of rotatable bonds is 5. The van der Waals surface area contributed by atoms with Gasteiger partial charge in [0.2, 0.25) is 5.91 Å². The van der Waals surface area contributed by atoms with Gasteiger partial charge in [-0.25, -0.2) is 0 Å². The van der Waals surface area contributed by atoms with Gasteiger partial charge in [0.25, 0.3) is 0 Å². The Bertz CT molecular complexity index is 270. The fourth-order valence-electron chi connectivity index (χ4n) is 3.11. The molecule has 0 aliphatic carbocycles. The third-order valence-corrected chi connectivity index (χ3v) is 4.05. The van der Waals surface area contributed by atoms with Crippen LogP contribution in [0.15, 0.2) is 0 Å². The van der Waals surface area contributed by atoms with Crippen LogP contribution in [0.4, 0.5) is 0 Å². The number of carbonyl (C=O) groups is 1. The Morgan fingerprint density at radius 1 is 1.06 bits per heavy atom. The van der Waals surface area contributed by atoms with Gasteiger partial charge in [0, 0.05) is 25.7 Å². The van der Waals surface area contributed by atoms with Crippen LogP contribution in [-0.2, 0) is 4.79 Å². The third-order valence-electron chi connectivity index (χ3n) is 4.05. The maximum absolute atomic E-state index is 12.2. The molecule has 0 radical (unpaired) electrons. The van der Waals surface area contributed by atoms with Crippen LogP contribution in [0, 0.1) is 0 Å². The zero-order chi connectivity index (χ0) is 13.0. The van der Waals surface area contributed by atoms with Crippen molar-refractivity contribution in [1.82, 2.24) is 15.1 Å². The molecule has 0 aromatic carbocycles.